The highest BCUT2D eigenvalue weighted by molar-refractivity contribution is 6.08. The van der Waals surface area contributed by atoms with E-state index in [1.165, 1.54) is 7.11 Å². The number of nitrogens with zero attached hydrogens (tertiary/aromatic N) is 2. The Labute approximate surface area is 168 Å². The molecule has 0 aliphatic carbocycles. The fourth-order valence-electron chi connectivity index (χ4n) is 3.07. The Bertz CT molecular complexity index is 1080. The molecule has 1 aliphatic rings. The first-order valence-corrected chi connectivity index (χ1v) is 9.08. The zero-order chi connectivity index (χ0) is 20.2. The van der Waals surface area contributed by atoms with Crippen LogP contribution in [-0.2, 0) is 0 Å². The third kappa shape index (κ3) is 3.89. The number of anilines is 2. The Morgan fingerprint density at radius 1 is 1.03 bits per heavy atom. The van der Waals surface area contributed by atoms with E-state index < -0.39 is 0 Å². The number of nitrogens with one attached hydrogen (secondary N) is 2. The van der Waals surface area contributed by atoms with Crippen LogP contribution < -0.4 is 20.1 Å². The molecule has 7 nitrogen and oxygen atoms in total. The second-order valence-electron chi connectivity index (χ2n) is 6.38. The average molecular weight is 388 g/mol. The number of ether oxygens (including phenoxy) is 2. The number of benzene rings is 2. The molecule has 1 aliphatic heterocycles. The van der Waals surface area contributed by atoms with Gasteiger partial charge in [-0.1, -0.05) is 12.1 Å². The molecule has 0 bridgehead atoms. The number of aromatic nitrogens is 1. The molecule has 7 heteroatoms. The van der Waals surface area contributed by atoms with E-state index >= 15 is 0 Å². The maximum atomic E-state index is 12.6. The van der Waals surface area contributed by atoms with Gasteiger partial charge in [0.2, 0.25) is 0 Å². The standard InChI is InChI=1S/C22H20N4O3/c1-28-19-10-7-15(12-20(19)29-2)22(27)25-16-8-5-14(6-9-16)18-13-24-21-17(26-18)4-3-11-23-21/h3-12H,13H2,1-2H3,(H,23,24)(H,25,27). The third-order valence-corrected chi connectivity index (χ3v) is 4.59. The normalized spacial score (nSPS) is 12.3. The molecule has 0 atom stereocenters. The molecule has 2 aromatic carbocycles. The molecule has 0 fully saturated rings. The van der Waals surface area contributed by atoms with Crippen LogP contribution in [0.3, 0.4) is 0 Å². The number of carbonyl (C=O) groups excluding carboxylic acids is 1. The Morgan fingerprint density at radius 2 is 1.83 bits per heavy atom. The summed E-state index contributed by atoms with van der Waals surface area (Å²) in [4.78, 5) is 21.5. The van der Waals surface area contributed by atoms with Crippen molar-refractivity contribution >= 4 is 28.8 Å². The predicted molar refractivity (Wildman–Crippen MR) is 113 cm³/mol. The van der Waals surface area contributed by atoms with Gasteiger partial charge in [0.15, 0.2) is 17.3 Å². The number of pyridine rings is 1. The lowest BCUT2D eigenvalue weighted by Gasteiger charge is -2.17. The molecule has 29 heavy (non-hydrogen) atoms. The molecular formula is C22H20N4O3. The van der Waals surface area contributed by atoms with E-state index in [4.69, 9.17) is 9.47 Å². The van der Waals surface area contributed by atoms with Crippen LogP contribution in [0.4, 0.5) is 17.2 Å². The van der Waals surface area contributed by atoms with Crippen molar-refractivity contribution in [2.45, 2.75) is 0 Å². The summed E-state index contributed by atoms with van der Waals surface area (Å²) in [5.74, 6) is 1.64. The van der Waals surface area contributed by atoms with E-state index in [1.807, 2.05) is 36.4 Å². The molecule has 4 rings (SSSR count). The van der Waals surface area contributed by atoms with E-state index in [-0.39, 0.29) is 5.91 Å². The summed E-state index contributed by atoms with van der Waals surface area (Å²) in [6.45, 7) is 0.599. The zero-order valence-corrected chi connectivity index (χ0v) is 16.1. The molecule has 1 aromatic heterocycles. The molecule has 3 aromatic rings. The zero-order valence-electron chi connectivity index (χ0n) is 16.1. The topological polar surface area (TPSA) is 84.8 Å². The van der Waals surface area contributed by atoms with Crippen molar-refractivity contribution in [2.75, 3.05) is 31.4 Å². The van der Waals surface area contributed by atoms with E-state index in [9.17, 15) is 4.79 Å². The van der Waals surface area contributed by atoms with E-state index in [0.29, 0.717) is 29.3 Å². The van der Waals surface area contributed by atoms with Crippen LogP contribution in [0.15, 0.2) is 65.8 Å². The number of methoxy groups -OCH3 is 2. The molecule has 0 saturated heterocycles. The first-order chi connectivity index (χ1) is 14.2. The van der Waals surface area contributed by atoms with Crippen molar-refractivity contribution < 1.29 is 14.3 Å². The van der Waals surface area contributed by atoms with Crippen LogP contribution in [0.2, 0.25) is 0 Å². The van der Waals surface area contributed by atoms with Crippen LogP contribution in [0.5, 0.6) is 11.5 Å². The number of amides is 1. The molecule has 1 amide bonds. The monoisotopic (exact) mass is 388 g/mol. The summed E-state index contributed by atoms with van der Waals surface area (Å²) in [6.07, 6.45) is 1.74. The molecule has 0 saturated carbocycles. The number of aliphatic imine (C=N–C) groups is 1. The average Bonchev–Trinajstić information content (AvgIpc) is 2.78. The molecule has 0 radical (unpaired) electrons. The molecular weight excluding hydrogens is 368 g/mol. The van der Waals surface area contributed by atoms with Gasteiger partial charge in [-0.05, 0) is 48.0 Å². The number of carbonyl (C=O) groups is 1. The van der Waals surface area contributed by atoms with Gasteiger partial charge in [-0.2, -0.15) is 0 Å². The Kier molecular flexibility index (Phi) is 5.11. The minimum Gasteiger partial charge on any atom is -0.493 e. The van der Waals surface area contributed by atoms with E-state index in [0.717, 1.165) is 22.8 Å². The SMILES string of the molecule is COc1ccc(C(=O)Nc2ccc(C3=Nc4cccnc4NC3)cc2)cc1OC. The Morgan fingerprint density at radius 3 is 2.59 bits per heavy atom. The fourth-order valence-corrected chi connectivity index (χ4v) is 3.07. The van der Waals surface area contributed by atoms with Gasteiger partial charge in [0.25, 0.3) is 5.91 Å². The van der Waals surface area contributed by atoms with Gasteiger partial charge in [0, 0.05) is 17.4 Å². The summed E-state index contributed by atoms with van der Waals surface area (Å²) >= 11 is 0. The summed E-state index contributed by atoms with van der Waals surface area (Å²) in [6, 6.07) is 16.4. The third-order valence-electron chi connectivity index (χ3n) is 4.59. The minimum atomic E-state index is -0.227. The number of hydrogen-bond donors (Lipinski definition) is 2. The molecule has 2 heterocycles. The van der Waals surface area contributed by atoms with E-state index in [1.54, 1.807) is 31.5 Å². The summed E-state index contributed by atoms with van der Waals surface area (Å²) in [5, 5.41) is 6.16. The highest BCUT2D eigenvalue weighted by atomic mass is 16.5. The van der Waals surface area contributed by atoms with Crippen molar-refractivity contribution in [3.05, 3.63) is 71.9 Å². The van der Waals surface area contributed by atoms with Gasteiger partial charge >= 0.3 is 0 Å². The summed E-state index contributed by atoms with van der Waals surface area (Å²) in [7, 11) is 3.09. The summed E-state index contributed by atoms with van der Waals surface area (Å²) < 4.78 is 10.5. The van der Waals surface area contributed by atoms with Gasteiger partial charge in [-0.3, -0.25) is 4.79 Å². The highest BCUT2D eigenvalue weighted by Crippen LogP contribution is 2.28. The lowest BCUT2D eigenvalue weighted by atomic mass is 10.1. The lowest BCUT2D eigenvalue weighted by molar-refractivity contribution is 0.102. The number of rotatable bonds is 5. The van der Waals surface area contributed by atoms with Gasteiger partial charge < -0.3 is 20.1 Å². The van der Waals surface area contributed by atoms with Crippen LogP contribution in [0, 0.1) is 0 Å². The van der Waals surface area contributed by atoms with Gasteiger partial charge in [0.05, 0.1) is 26.5 Å². The Balaban J connectivity index is 1.49. The minimum absolute atomic E-state index is 0.227. The maximum absolute atomic E-state index is 12.6. The fraction of sp³-hybridized carbons (Fsp3) is 0.136. The molecule has 0 unspecified atom stereocenters. The second-order valence-corrected chi connectivity index (χ2v) is 6.38. The van der Waals surface area contributed by atoms with Crippen LogP contribution >= 0.6 is 0 Å². The first-order valence-electron chi connectivity index (χ1n) is 9.08. The Hall–Kier alpha value is -3.87. The quantitative estimate of drug-likeness (QED) is 0.693. The van der Waals surface area contributed by atoms with Crippen molar-refractivity contribution in [1.29, 1.82) is 0 Å². The lowest BCUT2D eigenvalue weighted by Crippen LogP contribution is -2.19. The molecule has 2 N–H and O–H groups in total. The van der Waals surface area contributed by atoms with Gasteiger partial charge in [-0.25, -0.2) is 9.98 Å². The number of hydrogen-bond acceptors (Lipinski definition) is 6. The van der Waals surface area contributed by atoms with Gasteiger partial charge in [-0.15, -0.1) is 0 Å². The largest absolute Gasteiger partial charge is 0.493 e. The molecule has 146 valence electrons. The van der Waals surface area contributed by atoms with Gasteiger partial charge in [0.1, 0.15) is 5.69 Å². The van der Waals surface area contributed by atoms with Crippen LogP contribution in [-0.4, -0.2) is 37.4 Å². The first kappa shape index (κ1) is 18.5. The highest BCUT2D eigenvalue weighted by Gasteiger charge is 2.14. The predicted octanol–water partition coefficient (Wildman–Crippen LogP) is 3.90. The van der Waals surface area contributed by atoms with Crippen molar-refractivity contribution in [2.24, 2.45) is 4.99 Å². The smallest absolute Gasteiger partial charge is 0.255 e. The summed E-state index contributed by atoms with van der Waals surface area (Å²) in [5.41, 5.74) is 3.90. The maximum Gasteiger partial charge on any atom is 0.255 e. The van der Waals surface area contributed by atoms with Crippen molar-refractivity contribution in [3.63, 3.8) is 0 Å². The molecule has 0 spiro atoms. The van der Waals surface area contributed by atoms with Crippen molar-refractivity contribution in [3.8, 4) is 11.5 Å². The van der Waals surface area contributed by atoms with Crippen molar-refractivity contribution in [1.82, 2.24) is 4.98 Å². The van der Waals surface area contributed by atoms with Crippen LogP contribution in [0.25, 0.3) is 0 Å². The second kappa shape index (κ2) is 8.02. The number of fused-ring (bicyclic) bond motifs is 1. The van der Waals surface area contributed by atoms with Crippen LogP contribution in [0.1, 0.15) is 15.9 Å². The van der Waals surface area contributed by atoms with E-state index in [2.05, 4.69) is 20.6 Å².